The molecule has 1 aliphatic rings. The molecular weight excluding hydrogens is 298 g/mol. The van der Waals surface area contributed by atoms with Crippen molar-refractivity contribution in [3.63, 3.8) is 0 Å². The minimum Gasteiger partial charge on any atom is -0.379 e. The van der Waals surface area contributed by atoms with Gasteiger partial charge in [0.1, 0.15) is 0 Å². The summed E-state index contributed by atoms with van der Waals surface area (Å²) in [5, 5.41) is 0. The number of hydrogen-bond donors (Lipinski definition) is 0. The fourth-order valence-corrected chi connectivity index (χ4v) is 3.06. The van der Waals surface area contributed by atoms with Gasteiger partial charge in [-0.1, -0.05) is 62.4 Å². The first-order chi connectivity index (χ1) is 11.7. The van der Waals surface area contributed by atoms with Crippen molar-refractivity contribution in [2.45, 2.75) is 32.3 Å². The Balaban J connectivity index is 1.36. The summed E-state index contributed by atoms with van der Waals surface area (Å²) >= 11 is 0. The fraction of sp³-hybridized carbons (Fsp3) is 0.381. The van der Waals surface area contributed by atoms with Crippen LogP contribution in [-0.2, 0) is 21.5 Å². The quantitative estimate of drug-likeness (QED) is 0.661. The number of nitrogens with zero attached hydrogens (tertiary/aromatic N) is 1. The Morgan fingerprint density at radius 3 is 2.33 bits per heavy atom. The predicted molar refractivity (Wildman–Crippen MR) is 98.1 cm³/mol. The number of benzene rings is 2. The van der Waals surface area contributed by atoms with Crippen molar-refractivity contribution in [2.75, 3.05) is 19.8 Å². The molecule has 0 aromatic heterocycles. The second-order valence-corrected chi connectivity index (χ2v) is 6.60. The second-order valence-electron chi connectivity index (χ2n) is 6.60. The lowest BCUT2D eigenvalue weighted by Crippen LogP contribution is -2.26. The fourth-order valence-electron chi connectivity index (χ4n) is 3.06. The SMILES string of the molecule is CC1(C)C(CCOCCOCc2ccccc2)=Nc2ccccc21. The maximum Gasteiger partial charge on any atom is 0.0718 e. The lowest BCUT2D eigenvalue weighted by molar-refractivity contribution is 0.0428. The zero-order valence-electron chi connectivity index (χ0n) is 14.5. The van der Waals surface area contributed by atoms with Crippen LogP contribution >= 0.6 is 0 Å². The van der Waals surface area contributed by atoms with Crippen molar-refractivity contribution >= 4 is 11.4 Å². The normalized spacial score (nSPS) is 15.2. The largest absolute Gasteiger partial charge is 0.379 e. The number of hydrogen-bond acceptors (Lipinski definition) is 3. The van der Waals surface area contributed by atoms with E-state index in [2.05, 4.69) is 44.2 Å². The first-order valence-electron chi connectivity index (χ1n) is 8.55. The summed E-state index contributed by atoms with van der Waals surface area (Å²) in [6, 6.07) is 18.6. The van der Waals surface area contributed by atoms with E-state index in [9.17, 15) is 0 Å². The molecule has 2 aromatic carbocycles. The van der Waals surface area contributed by atoms with Crippen molar-refractivity contribution in [3.05, 3.63) is 65.7 Å². The van der Waals surface area contributed by atoms with Gasteiger partial charge in [0.05, 0.1) is 32.1 Å². The summed E-state index contributed by atoms with van der Waals surface area (Å²) in [4.78, 5) is 4.78. The zero-order valence-corrected chi connectivity index (χ0v) is 14.5. The summed E-state index contributed by atoms with van der Waals surface area (Å²) < 4.78 is 11.3. The van der Waals surface area contributed by atoms with E-state index in [1.54, 1.807) is 0 Å². The molecule has 3 heteroatoms. The average molecular weight is 323 g/mol. The number of fused-ring (bicyclic) bond motifs is 1. The summed E-state index contributed by atoms with van der Waals surface area (Å²) in [6.45, 7) is 7.03. The first-order valence-corrected chi connectivity index (χ1v) is 8.55. The smallest absolute Gasteiger partial charge is 0.0718 e. The van der Waals surface area contributed by atoms with Crippen LogP contribution in [0.15, 0.2) is 59.6 Å². The van der Waals surface area contributed by atoms with E-state index in [4.69, 9.17) is 14.5 Å². The molecule has 0 N–H and O–H groups in total. The molecule has 0 unspecified atom stereocenters. The summed E-state index contributed by atoms with van der Waals surface area (Å²) in [5.41, 5.74) is 4.81. The molecule has 0 saturated heterocycles. The highest BCUT2D eigenvalue weighted by molar-refractivity contribution is 6.01. The van der Waals surface area contributed by atoms with Gasteiger partial charge in [-0.25, -0.2) is 0 Å². The Morgan fingerprint density at radius 2 is 1.54 bits per heavy atom. The lowest BCUT2D eigenvalue weighted by atomic mass is 9.80. The van der Waals surface area contributed by atoms with Crippen LogP contribution in [0.5, 0.6) is 0 Å². The Morgan fingerprint density at radius 1 is 0.833 bits per heavy atom. The third-order valence-electron chi connectivity index (χ3n) is 4.52. The third-order valence-corrected chi connectivity index (χ3v) is 4.52. The molecule has 0 fully saturated rings. The first kappa shape index (κ1) is 16.9. The molecule has 3 nitrogen and oxygen atoms in total. The summed E-state index contributed by atoms with van der Waals surface area (Å²) in [6.07, 6.45) is 0.861. The van der Waals surface area contributed by atoms with Crippen LogP contribution < -0.4 is 0 Å². The molecule has 3 rings (SSSR count). The van der Waals surface area contributed by atoms with Gasteiger partial charge in [0, 0.05) is 17.5 Å². The van der Waals surface area contributed by atoms with Gasteiger partial charge in [0.25, 0.3) is 0 Å². The van der Waals surface area contributed by atoms with Crippen molar-refractivity contribution in [1.82, 2.24) is 0 Å². The van der Waals surface area contributed by atoms with Crippen LogP contribution in [0.3, 0.4) is 0 Å². The Labute approximate surface area is 144 Å². The highest BCUT2D eigenvalue weighted by Crippen LogP contribution is 2.40. The molecular formula is C21H25NO2. The Bertz CT molecular complexity index is 692. The number of ether oxygens (including phenoxy) is 2. The minimum absolute atomic E-state index is 0.00373. The second kappa shape index (κ2) is 7.73. The van der Waals surface area contributed by atoms with Gasteiger partial charge in [-0.15, -0.1) is 0 Å². The predicted octanol–water partition coefficient (Wildman–Crippen LogP) is 4.67. The zero-order chi connectivity index (χ0) is 16.8. The van der Waals surface area contributed by atoms with Crippen molar-refractivity contribution in [1.29, 1.82) is 0 Å². The minimum atomic E-state index is 0.00373. The lowest BCUT2D eigenvalue weighted by Gasteiger charge is -2.22. The Kier molecular flexibility index (Phi) is 5.44. The molecule has 0 saturated carbocycles. The number of para-hydroxylation sites is 1. The van der Waals surface area contributed by atoms with Gasteiger partial charge in [-0.3, -0.25) is 4.99 Å². The van der Waals surface area contributed by atoms with Gasteiger partial charge < -0.3 is 9.47 Å². The van der Waals surface area contributed by atoms with E-state index in [0.29, 0.717) is 26.4 Å². The highest BCUT2D eigenvalue weighted by Gasteiger charge is 2.33. The van der Waals surface area contributed by atoms with Gasteiger partial charge in [-0.05, 0) is 17.2 Å². The molecule has 24 heavy (non-hydrogen) atoms. The third kappa shape index (κ3) is 3.92. The molecule has 0 bridgehead atoms. The van der Waals surface area contributed by atoms with Crippen LogP contribution in [0.2, 0.25) is 0 Å². The maximum absolute atomic E-state index is 5.72. The number of rotatable bonds is 8. The van der Waals surface area contributed by atoms with Crippen molar-refractivity contribution in [3.8, 4) is 0 Å². The van der Waals surface area contributed by atoms with Crippen LogP contribution in [0.1, 0.15) is 31.4 Å². The van der Waals surface area contributed by atoms with E-state index in [-0.39, 0.29) is 5.41 Å². The molecule has 126 valence electrons. The number of aliphatic imine (C=N–C) groups is 1. The van der Waals surface area contributed by atoms with E-state index in [1.165, 1.54) is 16.8 Å². The average Bonchev–Trinajstić information content (AvgIpc) is 2.86. The standard InChI is InChI=1S/C21H25NO2/c1-21(2)18-10-6-7-11-19(18)22-20(21)12-13-23-14-15-24-16-17-8-4-3-5-9-17/h3-11H,12-16H2,1-2H3. The van der Waals surface area contributed by atoms with E-state index >= 15 is 0 Å². The summed E-state index contributed by atoms with van der Waals surface area (Å²) in [7, 11) is 0. The van der Waals surface area contributed by atoms with Gasteiger partial charge in [0.2, 0.25) is 0 Å². The van der Waals surface area contributed by atoms with Crippen LogP contribution in [-0.4, -0.2) is 25.5 Å². The van der Waals surface area contributed by atoms with Crippen molar-refractivity contribution < 1.29 is 9.47 Å². The van der Waals surface area contributed by atoms with Gasteiger partial charge in [-0.2, -0.15) is 0 Å². The van der Waals surface area contributed by atoms with E-state index in [0.717, 1.165) is 12.1 Å². The summed E-state index contributed by atoms with van der Waals surface area (Å²) in [5.74, 6) is 0. The maximum atomic E-state index is 5.72. The van der Waals surface area contributed by atoms with Crippen LogP contribution in [0.4, 0.5) is 5.69 Å². The highest BCUT2D eigenvalue weighted by atomic mass is 16.5. The van der Waals surface area contributed by atoms with Crippen molar-refractivity contribution in [2.24, 2.45) is 4.99 Å². The monoisotopic (exact) mass is 323 g/mol. The molecule has 1 aliphatic heterocycles. The van der Waals surface area contributed by atoms with Crippen LogP contribution in [0, 0.1) is 0 Å². The molecule has 1 heterocycles. The molecule has 0 aliphatic carbocycles. The molecule has 0 spiro atoms. The van der Waals surface area contributed by atoms with E-state index < -0.39 is 0 Å². The molecule has 0 amide bonds. The molecule has 2 aromatic rings. The Hall–Kier alpha value is -1.97. The van der Waals surface area contributed by atoms with Gasteiger partial charge in [0.15, 0.2) is 0 Å². The molecule has 0 radical (unpaired) electrons. The van der Waals surface area contributed by atoms with Crippen LogP contribution in [0.25, 0.3) is 0 Å². The van der Waals surface area contributed by atoms with Gasteiger partial charge >= 0.3 is 0 Å². The van der Waals surface area contributed by atoms with E-state index in [1.807, 2.05) is 24.3 Å². The molecule has 0 atom stereocenters. The topological polar surface area (TPSA) is 30.8 Å².